The number of nitrogens with one attached hydrogen (secondary N) is 1. The highest BCUT2D eigenvalue weighted by Crippen LogP contribution is 2.21. The summed E-state index contributed by atoms with van der Waals surface area (Å²) in [7, 11) is 0. The first-order chi connectivity index (χ1) is 10.0. The summed E-state index contributed by atoms with van der Waals surface area (Å²) in [5.74, 6) is -0.313. The Hall–Kier alpha value is -2.34. The molecule has 0 bridgehead atoms. The molecule has 0 aliphatic heterocycles. The van der Waals surface area contributed by atoms with Gasteiger partial charge in [0.1, 0.15) is 0 Å². The third-order valence-corrected chi connectivity index (χ3v) is 3.46. The number of amidine groups is 1. The van der Waals surface area contributed by atoms with Crippen LogP contribution in [0.3, 0.4) is 0 Å². The first-order valence-corrected chi connectivity index (χ1v) is 6.96. The molecule has 2 aromatic carbocycles. The van der Waals surface area contributed by atoms with Crippen LogP contribution in [0.4, 0.5) is 5.69 Å². The lowest BCUT2D eigenvalue weighted by molar-refractivity contribution is 0.102. The fourth-order valence-corrected chi connectivity index (χ4v) is 2.39. The molecule has 0 spiro atoms. The molecule has 2 rings (SSSR count). The van der Waals surface area contributed by atoms with Crippen molar-refractivity contribution in [2.75, 3.05) is 5.32 Å². The quantitative estimate of drug-likeness (QED) is 0.345. The second-order valence-corrected chi connectivity index (χ2v) is 5.36. The smallest absolute Gasteiger partial charge is 0.255 e. The van der Waals surface area contributed by atoms with Crippen molar-refractivity contribution in [2.45, 2.75) is 6.92 Å². The maximum Gasteiger partial charge on any atom is 0.255 e. The van der Waals surface area contributed by atoms with Crippen molar-refractivity contribution < 1.29 is 10.0 Å². The molecule has 0 atom stereocenters. The number of nitrogens with two attached hydrogens (primary N) is 1. The maximum atomic E-state index is 12.3. The van der Waals surface area contributed by atoms with Gasteiger partial charge in [-0.1, -0.05) is 39.3 Å². The van der Waals surface area contributed by atoms with Crippen molar-refractivity contribution in [3.8, 4) is 0 Å². The molecule has 0 fully saturated rings. The summed E-state index contributed by atoms with van der Waals surface area (Å²) in [6.07, 6.45) is 0. The average Bonchev–Trinajstić information content (AvgIpc) is 2.46. The second kappa shape index (κ2) is 6.41. The van der Waals surface area contributed by atoms with Crippen LogP contribution in [0.15, 0.2) is 52.1 Å². The van der Waals surface area contributed by atoms with Crippen LogP contribution in [0, 0.1) is 6.92 Å². The monoisotopic (exact) mass is 347 g/mol. The normalized spacial score (nSPS) is 11.2. The van der Waals surface area contributed by atoms with Gasteiger partial charge in [0.05, 0.1) is 5.69 Å². The number of benzene rings is 2. The number of halogens is 1. The van der Waals surface area contributed by atoms with E-state index in [1.807, 2.05) is 19.1 Å². The molecule has 2 aromatic rings. The third-order valence-electron chi connectivity index (χ3n) is 2.97. The second-order valence-electron chi connectivity index (χ2n) is 4.45. The largest absolute Gasteiger partial charge is 0.409 e. The van der Waals surface area contributed by atoms with Gasteiger partial charge in [-0.2, -0.15) is 0 Å². The van der Waals surface area contributed by atoms with Crippen molar-refractivity contribution in [3.63, 3.8) is 0 Å². The zero-order valence-electron chi connectivity index (χ0n) is 11.3. The van der Waals surface area contributed by atoms with E-state index in [2.05, 4.69) is 26.4 Å². The minimum atomic E-state index is -0.270. The molecule has 6 heteroatoms. The standard InChI is InChI=1S/C15H14BrN3O2/c1-9-4-2-7-12(13(9)14(17)19-21)18-15(20)10-5-3-6-11(16)8-10/h2-8,21H,1H3,(H2,17,19)(H,18,20). The number of rotatable bonds is 3. The van der Waals surface area contributed by atoms with E-state index < -0.39 is 0 Å². The van der Waals surface area contributed by atoms with Crippen LogP contribution in [-0.2, 0) is 0 Å². The first kappa shape index (κ1) is 15.1. The van der Waals surface area contributed by atoms with Crippen LogP contribution >= 0.6 is 15.9 Å². The molecule has 0 aromatic heterocycles. The topological polar surface area (TPSA) is 87.7 Å². The molecule has 0 radical (unpaired) electrons. The predicted molar refractivity (Wildman–Crippen MR) is 85.8 cm³/mol. The molecule has 0 aliphatic rings. The zero-order chi connectivity index (χ0) is 15.4. The number of hydrogen-bond donors (Lipinski definition) is 3. The molecule has 1 amide bonds. The third kappa shape index (κ3) is 3.41. The highest BCUT2D eigenvalue weighted by atomic mass is 79.9. The van der Waals surface area contributed by atoms with Crippen LogP contribution < -0.4 is 11.1 Å². The molecular weight excluding hydrogens is 334 g/mol. The molecule has 21 heavy (non-hydrogen) atoms. The summed E-state index contributed by atoms with van der Waals surface area (Å²) in [5, 5.41) is 14.7. The molecule has 5 nitrogen and oxygen atoms in total. The summed E-state index contributed by atoms with van der Waals surface area (Å²) in [5.41, 5.74) is 7.99. The van der Waals surface area contributed by atoms with E-state index in [9.17, 15) is 4.79 Å². The van der Waals surface area contributed by atoms with Crippen molar-refractivity contribution >= 4 is 33.4 Å². The van der Waals surface area contributed by atoms with E-state index in [0.29, 0.717) is 16.8 Å². The Kier molecular flexibility index (Phi) is 4.59. The highest BCUT2D eigenvalue weighted by molar-refractivity contribution is 9.10. The Morgan fingerprint density at radius 1 is 1.29 bits per heavy atom. The molecule has 0 saturated carbocycles. The van der Waals surface area contributed by atoms with Gasteiger partial charge >= 0.3 is 0 Å². The molecular formula is C15H14BrN3O2. The molecule has 0 heterocycles. The van der Waals surface area contributed by atoms with Crippen LogP contribution in [0.2, 0.25) is 0 Å². The molecule has 0 aliphatic carbocycles. The predicted octanol–water partition coefficient (Wildman–Crippen LogP) is 3.10. The maximum absolute atomic E-state index is 12.3. The number of aryl methyl sites for hydroxylation is 1. The summed E-state index contributed by atoms with van der Waals surface area (Å²) in [6, 6.07) is 12.4. The molecule has 0 unspecified atom stereocenters. The van der Waals surface area contributed by atoms with Gasteiger partial charge in [-0.25, -0.2) is 0 Å². The first-order valence-electron chi connectivity index (χ1n) is 6.17. The Labute approximate surface area is 130 Å². The Morgan fingerprint density at radius 2 is 2.00 bits per heavy atom. The van der Waals surface area contributed by atoms with Gasteiger partial charge in [0.15, 0.2) is 5.84 Å². The number of hydrogen-bond acceptors (Lipinski definition) is 3. The van der Waals surface area contributed by atoms with E-state index in [4.69, 9.17) is 10.9 Å². The van der Waals surface area contributed by atoms with Crippen LogP contribution in [0.1, 0.15) is 21.5 Å². The number of oxime groups is 1. The number of nitrogens with zero attached hydrogens (tertiary/aromatic N) is 1. The van der Waals surface area contributed by atoms with E-state index in [1.165, 1.54) is 0 Å². The molecule has 108 valence electrons. The van der Waals surface area contributed by atoms with Crippen molar-refractivity contribution in [1.82, 2.24) is 0 Å². The Bertz CT molecular complexity index is 714. The average molecular weight is 348 g/mol. The Balaban J connectivity index is 2.36. The lowest BCUT2D eigenvalue weighted by atomic mass is 10.1. The summed E-state index contributed by atoms with van der Waals surface area (Å²) in [6.45, 7) is 1.82. The highest BCUT2D eigenvalue weighted by Gasteiger charge is 2.13. The summed E-state index contributed by atoms with van der Waals surface area (Å²) in [4.78, 5) is 12.3. The van der Waals surface area contributed by atoms with Crippen molar-refractivity contribution in [2.24, 2.45) is 10.9 Å². The fourth-order valence-electron chi connectivity index (χ4n) is 1.99. The number of carbonyl (C=O) groups is 1. The molecule has 0 saturated heterocycles. The minimum absolute atomic E-state index is 0.0438. The van der Waals surface area contributed by atoms with E-state index in [1.54, 1.807) is 30.3 Å². The van der Waals surface area contributed by atoms with Crippen LogP contribution in [-0.4, -0.2) is 17.0 Å². The SMILES string of the molecule is Cc1cccc(NC(=O)c2cccc(Br)c2)c1/C(N)=N/O. The van der Waals surface area contributed by atoms with E-state index >= 15 is 0 Å². The van der Waals surface area contributed by atoms with Gasteiger partial charge in [-0.15, -0.1) is 0 Å². The Morgan fingerprint density at radius 3 is 2.67 bits per heavy atom. The van der Waals surface area contributed by atoms with Gasteiger partial charge in [-0.3, -0.25) is 4.79 Å². The van der Waals surface area contributed by atoms with E-state index in [-0.39, 0.29) is 11.7 Å². The number of anilines is 1. The minimum Gasteiger partial charge on any atom is -0.409 e. The van der Waals surface area contributed by atoms with Crippen LogP contribution in [0.5, 0.6) is 0 Å². The van der Waals surface area contributed by atoms with Crippen molar-refractivity contribution in [1.29, 1.82) is 0 Å². The summed E-state index contributed by atoms with van der Waals surface area (Å²) >= 11 is 3.32. The number of amides is 1. The van der Waals surface area contributed by atoms with Gasteiger partial charge in [0.25, 0.3) is 5.91 Å². The van der Waals surface area contributed by atoms with Crippen molar-refractivity contribution in [3.05, 3.63) is 63.6 Å². The lowest BCUT2D eigenvalue weighted by Gasteiger charge is -2.12. The van der Waals surface area contributed by atoms with Gasteiger partial charge < -0.3 is 16.3 Å². The fraction of sp³-hybridized carbons (Fsp3) is 0.0667. The van der Waals surface area contributed by atoms with Crippen LogP contribution in [0.25, 0.3) is 0 Å². The molecule has 4 N–H and O–H groups in total. The summed E-state index contributed by atoms with van der Waals surface area (Å²) < 4.78 is 0.816. The van der Waals surface area contributed by atoms with Gasteiger partial charge in [0, 0.05) is 15.6 Å². The van der Waals surface area contributed by atoms with Gasteiger partial charge in [0.2, 0.25) is 0 Å². The van der Waals surface area contributed by atoms with E-state index in [0.717, 1.165) is 10.0 Å². The lowest BCUT2D eigenvalue weighted by Crippen LogP contribution is -2.20. The zero-order valence-corrected chi connectivity index (χ0v) is 12.9. The number of carbonyl (C=O) groups excluding carboxylic acids is 1. The van der Waals surface area contributed by atoms with Gasteiger partial charge in [-0.05, 0) is 36.8 Å².